The number of likely N-dealkylation sites (N-methyl/N-ethyl adjacent to an activating group) is 1. The Hall–Kier alpha value is -3.27. The summed E-state index contributed by atoms with van der Waals surface area (Å²) < 4.78 is 5.42. The predicted molar refractivity (Wildman–Crippen MR) is 103 cm³/mol. The number of carbonyl (C=O) groups is 5. The summed E-state index contributed by atoms with van der Waals surface area (Å²) in [5, 5.41) is 10.9. The van der Waals surface area contributed by atoms with Crippen LogP contribution in [0.2, 0.25) is 0 Å². The summed E-state index contributed by atoms with van der Waals surface area (Å²) in [6.45, 7) is 1.00. The van der Waals surface area contributed by atoms with Gasteiger partial charge in [0.2, 0.25) is 11.8 Å². The van der Waals surface area contributed by atoms with Crippen molar-refractivity contribution in [1.29, 1.82) is 0 Å². The summed E-state index contributed by atoms with van der Waals surface area (Å²) >= 11 is 0. The average Bonchev–Trinajstić information content (AvgIpc) is 2.94. The van der Waals surface area contributed by atoms with Gasteiger partial charge in [0.15, 0.2) is 0 Å². The molecule has 3 rings (SSSR count). The van der Waals surface area contributed by atoms with Crippen LogP contribution in [-0.4, -0.2) is 77.5 Å². The second-order valence-electron chi connectivity index (χ2n) is 7.25. The minimum Gasteiger partial charge on any atom is -0.465 e. The zero-order valence-electron chi connectivity index (χ0n) is 16.6. The fourth-order valence-corrected chi connectivity index (χ4v) is 3.45. The standard InChI is InChI=1S/C20H23N3O7/c1-22(20(28)29)8-10-30-9-2-3-12-4-5-13-14(11-12)19(27)23(18(13)26)15-6-7-16(24)21-17(15)25/h4-5,11,15H,2-3,6-10H2,1H3,(H,28,29)(H,21,24,25). The maximum atomic E-state index is 12.8. The molecule has 0 aromatic heterocycles. The fourth-order valence-electron chi connectivity index (χ4n) is 3.45. The number of amides is 5. The van der Waals surface area contributed by atoms with Crippen LogP contribution in [0.5, 0.6) is 0 Å². The zero-order chi connectivity index (χ0) is 21.8. The molecule has 1 aromatic rings. The van der Waals surface area contributed by atoms with Gasteiger partial charge in [0, 0.05) is 26.6 Å². The zero-order valence-corrected chi connectivity index (χ0v) is 16.6. The van der Waals surface area contributed by atoms with Gasteiger partial charge in [0.1, 0.15) is 6.04 Å². The molecule has 0 bridgehead atoms. The topological polar surface area (TPSA) is 133 Å². The van der Waals surface area contributed by atoms with Crippen molar-refractivity contribution >= 4 is 29.7 Å². The van der Waals surface area contributed by atoms with Crippen molar-refractivity contribution in [3.63, 3.8) is 0 Å². The largest absolute Gasteiger partial charge is 0.465 e. The molecule has 160 valence electrons. The summed E-state index contributed by atoms with van der Waals surface area (Å²) in [5.41, 5.74) is 1.36. The van der Waals surface area contributed by atoms with Gasteiger partial charge < -0.3 is 14.7 Å². The Morgan fingerprint density at radius 2 is 1.93 bits per heavy atom. The molecule has 2 aliphatic heterocycles. The Labute approximate surface area is 172 Å². The van der Waals surface area contributed by atoms with Gasteiger partial charge in [0.25, 0.3) is 11.8 Å². The van der Waals surface area contributed by atoms with Crippen LogP contribution in [-0.2, 0) is 20.7 Å². The highest BCUT2D eigenvalue weighted by molar-refractivity contribution is 6.23. The SMILES string of the molecule is CN(CCOCCCc1ccc2c(c1)C(=O)N(C1CCC(=O)NC1=O)C2=O)C(=O)O. The number of hydrogen-bond donors (Lipinski definition) is 2. The number of benzene rings is 1. The van der Waals surface area contributed by atoms with Gasteiger partial charge in [-0.25, -0.2) is 4.79 Å². The number of nitrogens with one attached hydrogen (secondary N) is 1. The van der Waals surface area contributed by atoms with Crippen molar-refractivity contribution in [2.45, 2.75) is 31.7 Å². The van der Waals surface area contributed by atoms with E-state index < -0.39 is 35.8 Å². The van der Waals surface area contributed by atoms with Crippen molar-refractivity contribution in [3.8, 4) is 0 Å². The normalized spacial score (nSPS) is 18.4. The van der Waals surface area contributed by atoms with E-state index in [1.54, 1.807) is 18.2 Å². The number of aryl methyl sites for hydroxylation is 1. The third kappa shape index (κ3) is 4.48. The predicted octanol–water partition coefficient (Wildman–Crippen LogP) is 0.647. The molecule has 30 heavy (non-hydrogen) atoms. The van der Waals surface area contributed by atoms with Gasteiger partial charge in [-0.2, -0.15) is 0 Å². The maximum Gasteiger partial charge on any atom is 0.407 e. The van der Waals surface area contributed by atoms with E-state index >= 15 is 0 Å². The minimum absolute atomic E-state index is 0.0807. The van der Waals surface area contributed by atoms with Crippen LogP contribution in [0.4, 0.5) is 4.79 Å². The summed E-state index contributed by atoms with van der Waals surface area (Å²) in [6.07, 6.45) is 0.466. The van der Waals surface area contributed by atoms with Crippen molar-refractivity contribution in [3.05, 3.63) is 34.9 Å². The number of hydrogen-bond acceptors (Lipinski definition) is 6. The smallest absolute Gasteiger partial charge is 0.407 e. The van der Waals surface area contributed by atoms with E-state index in [-0.39, 0.29) is 30.5 Å². The molecule has 5 amide bonds. The number of imide groups is 2. The molecule has 0 radical (unpaired) electrons. The maximum absolute atomic E-state index is 12.8. The van der Waals surface area contributed by atoms with E-state index in [4.69, 9.17) is 9.84 Å². The van der Waals surface area contributed by atoms with E-state index in [2.05, 4.69) is 5.32 Å². The lowest BCUT2D eigenvalue weighted by Gasteiger charge is -2.27. The molecular weight excluding hydrogens is 394 g/mol. The summed E-state index contributed by atoms with van der Waals surface area (Å²) in [4.78, 5) is 61.6. The number of fused-ring (bicyclic) bond motifs is 1. The van der Waals surface area contributed by atoms with Crippen LogP contribution in [0.15, 0.2) is 18.2 Å². The number of carboxylic acid groups (broad SMARTS) is 1. The Balaban J connectivity index is 1.56. The first-order valence-electron chi connectivity index (χ1n) is 9.66. The molecule has 1 atom stereocenters. The second kappa shape index (κ2) is 9.04. The third-order valence-corrected chi connectivity index (χ3v) is 5.16. The molecule has 1 unspecified atom stereocenters. The number of piperidine rings is 1. The summed E-state index contributed by atoms with van der Waals surface area (Å²) in [5.74, 6) is -2.10. The van der Waals surface area contributed by atoms with Gasteiger partial charge in [-0.05, 0) is 37.0 Å². The van der Waals surface area contributed by atoms with Crippen molar-refractivity contribution in [2.24, 2.45) is 0 Å². The highest BCUT2D eigenvalue weighted by Gasteiger charge is 2.44. The van der Waals surface area contributed by atoms with Crippen LogP contribution in [0.1, 0.15) is 45.5 Å². The summed E-state index contributed by atoms with van der Waals surface area (Å²) in [7, 11) is 1.46. The first-order chi connectivity index (χ1) is 14.3. The van der Waals surface area contributed by atoms with Crippen LogP contribution in [0.3, 0.4) is 0 Å². The van der Waals surface area contributed by atoms with E-state index in [1.807, 2.05) is 0 Å². The Bertz CT molecular complexity index is 898. The monoisotopic (exact) mass is 417 g/mol. The highest BCUT2D eigenvalue weighted by atomic mass is 16.5. The summed E-state index contributed by atoms with van der Waals surface area (Å²) in [6, 6.07) is 4.02. The molecule has 0 aliphatic carbocycles. The molecule has 2 heterocycles. The quantitative estimate of drug-likeness (QED) is 0.468. The van der Waals surface area contributed by atoms with E-state index in [0.29, 0.717) is 26.1 Å². The highest BCUT2D eigenvalue weighted by Crippen LogP contribution is 2.28. The minimum atomic E-state index is -1.01. The fraction of sp³-hybridized carbons (Fsp3) is 0.450. The van der Waals surface area contributed by atoms with Gasteiger partial charge in [-0.15, -0.1) is 0 Å². The Kier molecular flexibility index (Phi) is 6.46. The molecule has 0 spiro atoms. The number of nitrogens with zero attached hydrogens (tertiary/aromatic N) is 2. The molecule has 10 heteroatoms. The Morgan fingerprint density at radius 3 is 2.63 bits per heavy atom. The molecule has 1 aromatic carbocycles. The van der Waals surface area contributed by atoms with E-state index in [0.717, 1.165) is 15.4 Å². The number of carbonyl (C=O) groups excluding carboxylic acids is 4. The Morgan fingerprint density at radius 1 is 1.20 bits per heavy atom. The van der Waals surface area contributed by atoms with Crippen LogP contribution in [0.25, 0.3) is 0 Å². The van der Waals surface area contributed by atoms with Crippen LogP contribution < -0.4 is 5.32 Å². The number of rotatable bonds is 8. The van der Waals surface area contributed by atoms with Gasteiger partial charge in [0.05, 0.1) is 17.7 Å². The first kappa shape index (κ1) is 21.4. The lowest BCUT2D eigenvalue weighted by molar-refractivity contribution is -0.136. The molecule has 1 saturated heterocycles. The molecule has 10 nitrogen and oxygen atoms in total. The van der Waals surface area contributed by atoms with E-state index in [9.17, 15) is 24.0 Å². The van der Waals surface area contributed by atoms with Gasteiger partial charge in [-0.3, -0.25) is 29.4 Å². The third-order valence-electron chi connectivity index (χ3n) is 5.16. The van der Waals surface area contributed by atoms with Crippen molar-refractivity contribution in [2.75, 3.05) is 26.8 Å². The molecular formula is C20H23N3O7. The molecule has 2 aliphatic rings. The molecule has 0 saturated carbocycles. The average molecular weight is 417 g/mol. The second-order valence-corrected chi connectivity index (χ2v) is 7.25. The number of ether oxygens (including phenoxy) is 1. The molecule has 1 fully saturated rings. The van der Waals surface area contributed by atoms with Crippen molar-refractivity contribution < 1.29 is 33.8 Å². The first-order valence-corrected chi connectivity index (χ1v) is 9.66. The van der Waals surface area contributed by atoms with Crippen LogP contribution in [0, 0.1) is 0 Å². The van der Waals surface area contributed by atoms with E-state index in [1.165, 1.54) is 7.05 Å². The lowest BCUT2D eigenvalue weighted by Crippen LogP contribution is -2.54. The van der Waals surface area contributed by atoms with Gasteiger partial charge >= 0.3 is 6.09 Å². The van der Waals surface area contributed by atoms with Gasteiger partial charge in [-0.1, -0.05) is 6.07 Å². The van der Waals surface area contributed by atoms with Crippen molar-refractivity contribution in [1.82, 2.24) is 15.1 Å². The van der Waals surface area contributed by atoms with Crippen LogP contribution >= 0.6 is 0 Å². The molecule has 2 N–H and O–H groups in total. The lowest BCUT2D eigenvalue weighted by atomic mass is 10.0.